The van der Waals surface area contributed by atoms with Crippen molar-refractivity contribution in [3.8, 4) is 0 Å². The second kappa shape index (κ2) is 9.46. The Bertz CT molecular complexity index is 938. The number of aryl methyl sites for hydroxylation is 2. The molecule has 0 aliphatic heterocycles. The van der Waals surface area contributed by atoms with Gasteiger partial charge in [0.05, 0.1) is 11.3 Å². The second-order valence-electron chi connectivity index (χ2n) is 6.62. The predicted octanol–water partition coefficient (Wildman–Crippen LogP) is 3.89. The fourth-order valence-electron chi connectivity index (χ4n) is 2.80. The molecule has 0 bridgehead atoms. The number of hydrogen-bond donors (Lipinski definition) is 2. The standard InChI is InChI=1S/C23H23N3O2/c1-17-8-10-18(11-9-17)12-13-22(27)26-21-7-3-2-6-20(21)23(28)25-16-19-5-4-14-24-15-19/h2-11,14-15H,12-13,16H2,1H3,(H,25,28)(H,26,27). The Morgan fingerprint density at radius 1 is 0.929 bits per heavy atom. The summed E-state index contributed by atoms with van der Waals surface area (Å²) < 4.78 is 0. The number of para-hydroxylation sites is 1. The van der Waals surface area contributed by atoms with Crippen LogP contribution in [0.25, 0.3) is 0 Å². The molecule has 0 fully saturated rings. The van der Waals surface area contributed by atoms with Gasteiger partial charge in [0, 0.05) is 25.4 Å². The van der Waals surface area contributed by atoms with Gasteiger partial charge in [-0.3, -0.25) is 14.6 Å². The maximum absolute atomic E-state index is 12.5. The number of carbonyl (C=O) groups is 2. The molecular formula is C23H23N3O2. The summed E-state index contributed by atoms with van der Waals surface area (Å²) in [5.74, 6) is -0.355. The van der Waals surface area contributed by atoms with Crippen LogP contribution in [-0.4, -0.2) is 16.8 Å². The monoisotopic (exact) mass is 373 g/mol. The van der Waals surface area contributed by atoms with E-state index in [1.165, 1.54) is 5.56 Å². The Morgan fingerprint density at radius 3 is 2.46 bits per heavy atom. The van der Waals surface area contributed by atoms with Crippen LogP contribution in [0.5, 0.6) is 0 Å². The predicted molar refractivity (Wildman–Crippen MR) is 110 cm³/mol. The maximum Gasteiger partial charge on any atom is 0.253 e. The fourth-order valence-corrected chi connectivity index (χ4v) is 2.80. The van der Waals surface area contributed by atoms with E-state index in [-0.39, 0.29) is 11.8 Å². The lowest BCUT2D eigenvalue weighted by Gasteiger charge is -2.11. The summed E-state index contributed by atoms with van der Waals surface area (Å²) in [7, 11) is 0. The van der Waals surface area contributed by atoms with Gasteiger partial charge >= 0.3 is 0 Å². The number of nitrogens with one attached hydrogen (secondary N) is 2. The van der Waals surface area contributed by atoms with E-state index >= 15 is 0 Å². The van der Waals surface area contributed by atoms with Gasteiger partial charge in [-0.1, -0.05) is 48.0 Å². The molecule has 0 unspecified atom stereocenters. The quantitative estimate of drug-likeness (QED) is 0.660. The molecule has 3 aromatic rings. The van der Waals surface area contributed by atoms with Crippen molar-refractivity contribution in [2.45, 2.75) is 26.3 Å². The van der Waals surface area contributed by atoms with Crippen LogP contribution < -0.4 is 10.6 Å². The van der Waals surface area contributed by atoms with Crippen molar-refractivity contribution >= 4 is 17.5 Å². The first-order valence-corrected chi connectivity index (χ1v) is 9.23. The number of hydrogen-bond acceptors (Lipinski definition) is 3. The van der Waals surface area contributed by atoms with Crippen LogP contribution in [0.15, 0.2) is 73.1 Å². The zero-order valence-corrected chi connectivity index (χ0v) is 15.8. The van der Waals surface area contributed by atoms with Crippen molar-refractivity contribution in [3.63, 3.8) is 0 Å². The van der Waals surface area contributed by atoms with Crippen LogP contribution >= 0.6 is 0 Å². The van der Waals surface area contributed by atoms with Crippen molar-refractivity contribution in [3.05, 3.63) is 95.3 Å². The fraction of sp³-hybridized carbons (Fsp3) is 0.174. The smallest absolute Gasteiger partial charge is 0.253 e. The Kier molecular flexibility index (Phi) is 6.52. The molecule has 1 aromatic heterocycles. The number of aromatic nitrogens is 1. The summed E-state index contributed by atoms with van der Waals surface area (Å²) in [6.07, 6.45) is 4.40. The third kappa shape index (κ3) is 5.51. The molecule has 0 aliphatic carbocycles. The van der Waals surface area contributed by atoms with E-state index in [0.717, 1.165) is 11.1 Å². The minimum absolute atomic E-state index is 0.118. The molecule has 3 rings (SSSR count). The lowest BCUT2D eigenvalue weighted by Crippen LogP contribution is -2.25. The van der Waals surface area contributed by atoms with Crippen LogP contribution in [0.4, 0.5) is 5.69 Å². The first-order valence-electron chi connectivity index (χ1n) is 9.23. The number of anilines is 1. The van der Waals surface area contributed by atoms with E-state index in [2.05, 4.69) is 15.6 Å². The van der Waals surface area contributed by atoms with Gasteiger partial charge in [-0.05, 0) is 42.7 Å². The van der Waals surface area contributed by atoms with Crippen LogP contribution in [0.3, 0.4) is 0 Å². The Morgan fingerprint density at radius 2 is 1.71 bits per heavy atom. The third-order valence-electron chi connectivity index (χ3n) is 4.38. The topological polar surface area (TPSA) is 71.1 Å². The summed E-state index contributed by atoms with van der Waals surface area (Å²) in [5, 5.41) is 5.72. The zero-order chi connectivity index (χ0) is 19.8. The number of benzene rings is 2. The van der Waals surface area contributed by atoms with Crippen LogP contribution in [0.2, 0.25) is 0 Å². The molecule has 2 N–H and O–H groups in total. The first-order chi connectivity index (χ1) is 13.6. The highest BCUT2D eigenvalue weighted by molar-refractivity contribution is 6.03. The van der Waals surface area contributed by atoms with Crippen LogP contribution in [0.1, 0.15) is 33.5 Å². The van der Waals surface area contributed by atoms with E-state index in [0.29, 0.717) is 30.6 Å². The van der Waals surface area contributed by atoms with Crippen LogP contribution in [-0.2, 0) is 17.8 Å². The van der Waals surface area contributed by atoms with E-state index in [4.69, 9.17) is 0 Å². The number of amides is 2. The Labute approximate surface area is 164 Å². The molecule has 1 heterocycles. The van der Waals surface area contributed by atoms with Gasteiger partial charge in [0.2, 0.25) is 5.91 Å². The van der Waals surface area contributed by atoms with Gasteiger partial charge in [0.25, 0.3) is 5.91 Å². The largest absolute Gasteiger partial charge is 0.348 e. The lowest BCUT2D eigenvalue weighted by atomic mass is 10.1. The molecule has 0 radical (unpaired) electrons. The van der Waals surface area contributed by atoms with Gasteiger partial charge in [-0.25, -0.2) is 0 Å². The summed E-state index contributed by atoms with van der Waals surface area (Å²) in [6.45, 7) is 2.41. The normalized spacial score (nSPS) is 10.3. The van der Waals surface area contributed by atoms with Crippen molar-refractivity contribution in [1.82, 2.24) is 10.3 Å². The first kappa shape index (κ1) is 19.3. The molecule has 0 aliphatic rings. The molecule has 2 amide bonds. The van der Waals surface area contributed by atoms with Crippen molar-refractivity contribution in [2.24, 2.45) is 0 Å². The number of carbonyl (C=O) groups excluding carboxylic acids is 2. The van der Waals surface area contributed by atoms with Crippen molar-refractivity contribution in [2.75, 3.05) is 5.32 Å². The van der Waals surface area contributed by atoms with Crippen LogP contribution in [0, 0.1) is 6.92 Å². The summed E-state index contributed by atoms with van der Waals surface area (Å²) in [6, 6.07) is 18.9. The molecule has 5 heteroatoms. The summed E-state index contributed by atoms with van der Waals surface area (Å²) in [4.78, 5) is 28.9. The highest BCUT2D eigenvalue weighted by Gasteiger charge is 2.13. The minimum Gasteiger partial charge on any atom is -0.348 e. The highest BCUT2D eigenvalue weighted by Crippen LogP contribution is 2.16. The summed E-state index contributed by atoms with van der Waals surface area (Å²) in [5.41, 5.74) is 4.17. The molecule has 0 saturated heterocycles. The third-order valence-corrected chi connectivity index (χ3v) is 4.38. The molecule has 2 aromatic carbocycles. The zero-order valence-electron chi connectivity index (χ0n) is 15.8. The Balaban J connectivity index is 1.58. The van der Waals surface area contributed by atoms with Gasteiger partial charge in [-0.15, -0.1) is 0 Å². The average Bonchev–Trinajstić information content (AvgIpc) is 2.73. The second-order valence-corrected chi connectivity index (χ2v) is 6.62. The molecule has 0 saturated carbocycles. The Hall–Kier alpha value is -3.47. The molecule has 0 atom stereocenters. The van der Waals surface area contributed by atoms with Gasteiger partial charge in [-0.2, -0.15) is 0 Å². The van der Waals surface area contributed by atoms with Gasteiger partial charge in [0.15, 0.2) is 0 Å². The maximum atomic E-state index is 12.5. The molecular weight excluding hydrogens is 350 g/mol. The number of pyridine rings is 1. The summed E-state index contributed by atoms with van der Waals surface area (Å²) >= 11 is 0. The molecule has 5 nitrogen and oxygen atoms in total. The SMILES string of the molecule is Cc1ccc(CCC(=O)Nc2ccccc2C(=O)NCc2cccnc2)cc1. The van der Waals surface area contributed by atoms with Crippen molar-refractivity contribution < 1.29 is 9.59 Å². The number of rotatable bonds is 7. The van der Waals surface area contributed by atoms with E-state index < -0.39 is 0 Å². The average molecular weight is 373 g/mol. The molecule has 28 heavy (non-hydrogen) atoms. The van der Waals surface area contributed by atoms with E-state index in [1.807, 2.05) is 43.3 Å². The van der Waals surface area contributed by atoms with Gasteiger partial charge < -0.3 is 10.6 Å². The highest BCUT2D eigenvalue weighted by atomic mass is 16.2. The lowest BCUT2D eigenvalue weighted by molar-refractivity contribution is -0.116. The molecule has 142 valence electrons. The van der Waals surface area contributed by atoms with Gasteiger partial charge in [0.1, 0.15) is 0 Å². The van der Waals surface area contributed by atoms with Crippen molar-refractivity contribution in [1.29, 1.82) is 0 Å². The minimum atomic E-state index is -0.238. The van der Waals surface area contributed by atoms with E-state index in [1.54, 1.807) is 36.7 Å². The molecule has 0 spiro atoms. The number of nitrogens with zero attached hydrogens (tertiary/aromatic N) is 1. The van der Waals surface area contributed by atoms with E-state index in [9.17, 15) is 9.59 Å².